The van der Waals surface area contributed by atoms with Gasteiger partial charge in [-0.1, -0.05) is 30.3 Å². The molecule has 1 heterocycles. The first kappa shape index (κ1) is 18.7. The van der Waals surface area contributed by atoms with Gasteiger partial charge < -0.3 is 14.8 Å². The van der Waals surface area contributed by atoms with Gasteiger partial charge in [0.25, 0.3) is 5.91 Å². The van der Waals surface area contributed by atoms with E-state index in [1.165, 1.54) is 12.1 Å². The van der Waals surface area contributed by atoms with Crippen molar-refractivity contribution in [2.45, 2.75) is 19.0 Å². The minimum atomic E-state index is -3.39. The number of nitrogens with one attached hydrogen (secondary N) is 2. The van der Waals surface area contributed by atoms with Gasteiger partial charge in [-0.05, 0) is 17.7 Å². The normalized spacial score (nSPS) is 12.5. The fraction of sp³-hybridized carbons (Fsp3) is 0.250. The molecule has 0 saturated carbocycles. The Hall–Kier alpha value is -2.65. The van der Waals surface area contributed by atoms with Gasteiger partial charge >= 0.3 is 5.97 Å². The van der Waals surface area contributed by atoms with Gasteiger partial charge in [-0.3, -0.25) is 4.79 Å². The predicted molar refractivity (Wildman–Crippen MR) is 89.4 cm³/mol. The van der Waals surface area contributed by atoms with Crippen LogP contribution in [0.1, 0.15) is 21.9 Å². The summed E-state index contributed by atoms with van der Waals surface area (Å²) in [7, 11) is -3.39. The number of carboxylic acid groups (broad SMARTS) is 1. The Kier molecular flexibility index (Phi) is 5.94. The van der Waals surface area contributed by atoms with Crippen molar-refractivity contribution in [3.05, 3.63) is 59.5 Å². The lowest BCUT2D eigenvalue weighted by Gasteiger charge is -2.13. The summed E-state index contributed by atoms with van der Waals surface area (Å²) in [6.45, 7) is -0.0987. The Labute approximate surface area is 144 Å². The van der Waals surface area contributed by atoms with Gasteiger partial charge in [0, 0.05) is 6.42 Å². The van der Waals surface area contributed by atoms with Crippen molar-refractivity contribution in [3.63, 3.8) is 0 Å². The first-order chi connectivity index (χ1) is 11.7. The lowest BCUT2D eigenvalue weighted by atomic mass is 10.1. The number of benzene rings is 1. The summed E-state index contributed by atoms with van der Waals surface area (Å²) in [5, 5.41) is 11.7. The van der Waals surface area contributed by atoms with E-state index in [9.17, 15) is 23.1 Å². The molecule has 2 aromatic rings. The lowest BCUT2D eigenvalue weighted by molar-refractivity contribution is -0.139. The van der Waals surface area contributed by atoms with Crippen LogP contribution in [0.5, 0.6) is 0 Å². The van der Waals surface area contributed by atoms with E-state index in [1.54, 1.807) is 24.3 Å². The summed E-state index contributed by atoms with van der Waals surface area (Å²) in [6, 6.07) is 10.6. The summed E-state index contributed by atoms with van der Waals surface area (Å²) >= 11 is 0. The predicted octanol–water partition coefficient (Wildman–Crippen LogP) is 0.754. The Morgan fingerprint density at radius 1 is 1.16 bits per heavy atom. The quantitative estimate of drug-likeness (QED) is 0.633. The average Bonchev–Trinajstić information content (AvgIpc) is 3.01. The maximum atomic E-state index is 12.2. The van der Waals surface area contributed by atoms with Crippen LogP contribution < -0.4 is 10.0 Å². The van der Waals surface area contributed by atoms with E-state index >= 15 is 0 Å². The average molecular weight is 366 g/mol. The smallest absolute Gasteiger partial charge is 0.326 e. The zero-order valence-electron chi connectivity index (χ0n) is 13.4. The van der Waals surface area contributed by atoms with E-state index in [0.29, 0.717) is 0 Å². The highest BCUT2D eigenvalue weighted by Crippen LogP contribution is 2.10. The van der Waals surface area contributed by atoms with Crippen LogP contribution in [-0.4, -0.2) is 37.7 Å². The molecule has 0 aliphatic heterocycles. The Morgan fingerprint density at radius 2 is 1.84 bits per heavy atom. The molecule has 1 aromatic heterocycles. The highest BCUT2D eigenvalue weighted by atomic mass is 32.2. The Bertz CT molecular complexity index is 845. The number of amides is 1. The maximum Gasteiger partial charge on any atom is 0.326 e. The monoisotopic (exact) mass is 366 g/mol. The van der Waals surface area contributed by atoms with Crippen molar-refractivity contribution >= 4 is 21.9 Å². The number of furan rings is 1. The molecule has 1 atom stereocenters. The van der Waals surface area contributed by atoms with Crippen molar-refractivity contribution in [3.8, 4) is 0 Å². The summed E-state index contributed by atoms with van der Waals surface area (Å²) in [6.07, 6.45) is 1.13. The number of aliphatic carboxylic acids is 1. The number of rotatable bonds is 8. The Balaban J connectivity index is 2.01. The van der Waals surface area contributed by atoms with E-state index in [4.69, 9.17) is 4.42 Å². The summed E-state index contributed by atoms with van der Waals surface area (Å²) < 4.78 is 29.6. The zero-order chi connectivity index (χ0) is 18.4. The van der Waals surface area contributed by atoms with Crippen LogP contribution in [0.15, 0.2) is 46.9 Å². The third-order valence-corrected chi connectivity index (χ3v) is 3.95. The summed E-state index contributed by atoms with van der Waals surface area (Å²) in [5.74, 6) is -1.70. The number of hydrogen-bond acceptors (Lipinski definition) is 5. The van der Waals surface area contributed by atoms with E-state index in [2.05, 4.69) is 10.0 Å². The van der Waals surface area contributed by atoms with Crippen molar-refractivity contribution in [1.29, 1.82) is 0 Å². The number of sulfonamides is 1. The molecular weight excluding hydrogens is 348 g/mol. The van der Waals surface area contributed by atoms with Crippen LogP contribution in [-0.2, 0) is 27.8 Å². The van der Waals surface area contributed by atoms with Crippen LogP contribution in [0.25, 0.3) is 0 Å². The number of hydrogen-bond donors (Lipinski definition) is 3. The second-order valence-electron chi connectivity index (χ2n) is 5.41. The van der Waals surface area contributed by atoms with Crippen molar-refractivity contribution < 1.29 is 27.5 Å². The van der Waals surface area contributed by atoms with E-state index in [-0.39, 0.29) is 24.5 Å². The van der Waals surface area contributed by atoms with Crippen molar-refractivity contribution in [2.75, 3.05) is 6.26 Å². The minimum absolute atomic E-state index is 0.0930. The number of carbonyl (C=O) groups is 2. The third kappa shape index (κ3) is 6.05. The lowest BCUT2D eigenvalue weighted by Crippen LogP contribution is -2.42. The molecule has 0 radical (unpaired) electrons. The molecule has 25 heavy (non-hydrogen) atoms. The van der Waals surface area contributed by atoms with Crippen LogP contribution in [0.3, 0.4) is 0 Å². The molecule has 134 valence electrons. The standard InChI is InChI=1S/C16H18N2O6S/c1-25(22,23)17-10-12-7-8-14(24-12)15(19)18-13(16(20)21)9-11-5-3-2-4-6-11/h2-8,13,17H,9-10H2,1H3,(H,18,19)(H,20,21)/t13-/m0/s1. The first-order valence-corrected chi connectivity index (χ1v) is 9.24. The van der Waals surface area contributed by atoms with Crippen LogP contribution in [0, 0.1) is 0 Å². The van der Waals surface area contributed by atoms with Gasteiger partial charge in [-0.15, -0.1) is 0 Å². The van der Waals surface area contributed by atoms with E-state index in [0.717, 1.165) is 11.8 Å². The highest BCUT2D eigenvalue weighted by molar-refractivity contribution is 7.88. The third-order valence-electron chi connectivity index (χ3n) is 3.28. The molecule has 8 nitrogen and oxygen atoms in total. The second-order valence-corrected chi connectivity index (χ2v) is 7.25. The SMILES string of the molecule is CS(=O)(=O)NCc1ccc(C(=O)N[C@@H](Cc2ccccc2)C(=O)O)o1. The van der Waals surface area contributed by atoms with Crippen molar-refractivity contribution in [1.82, 2.24) is 10.0 Å². The molecule has 0 aliphatic carbocycles. The molecule has 9 heteroatoms. The molecule has 0 aliphatic rings. The molecular formula is C16H18N2O6S. The van der Waals surface area contributed by atoms with Gasteiger partial charge in [0.2, 0.25) is 10.0 Å². The zero-order valence-corrected chi connectivity index (χ0v) is 14.2. The second kappa shape index (κ2) is 7.95. The van der Waals surface area contributed by atoms with E-state index < -0.39 is 27.9 Å². The van der Waals surface area contributed by atoms with Gasteiger partial charge in [0.1, 0.15) is 11.8 Å². The molecule has 0 unspecified atom stereocenters. The maximum absolute atomic E-state index is 12.2. The van der Waals surface area contributed by atoms with Crippen molar-refractivity contribution in [2.24, 2.45) is 0 Å². The van der Waals surface area contributed by atoms with Gasteiger partial charge in [0.15, 0.2) is 5.76 Å². The molecule has 0 fully saturated rings. The van der Waals surface area contributed by atoms with Crippen LogP contribution in [0.2, 0.25) is 0 Å². The van der Waals surface area contributed by atoms with Gasteiger partial charge in [-0.25, -0.2) is 17.9 Å². The molecule has 2 rings (SSSR count). The van der Waals surface area contributed by atoms with Crippen LogP contribution >= 0.6 is 0 Å². The highest BCUT2D eigenvalue weighted by Gasteiger charge is 2.22. The molecule has 1 aromatic carbocycles. The first-order valence-electron chi connectivity index (χ1n) is 7.35. The van der Waals surface area contributed by atoms with Gasteiger partial charge in [-0.2, -0.15) is 0 Å². The largest absolute Gasteiger partial charge is 0.480 e. The van der Waals surface area contributed by atoms with Gasteiger partial charge in [0.05, 0.1) is 12.8 Å². The number of carboxylic acids is 1. The molecule has 0 saturated heterocycles. The molecule has 0 bridgehead atoms. The summed E-state index contributed by atoms with van der Waals surface area (Å²) in [4.78, 5) is 23.5. The van der Waals surface area contributed by atoms with Crippen LogP contribution in [0.4, 0.5) is 0 Å². The topological polar surface area (TPSA) is 126 Å². The molecule has 0 spiro atoms. The molecule has 1 amide bonds. The fourth-order valence-corrected chi connectivity index (χ4v) is 2.48. The Morgan fingerprint density at radius 3 is 2.44 bits per heavy atom. The van der Waals surface area contributed by atoms with E-state index in [1.807, 2.05) is 6.07 Å². The minimum Gasteiger partial charge on any atom is -0.480 e. The number of carbonyl (C=O) groups excluding carboxylic acids is 1. The summed E-state index contributed by atoms with van der Waals surface area (Å²) in [5.41, 5.74) is 0.771. The molecule has 3 N–H and O–H groups in total. The fourth-order valence-electron chi connectivity index (χ4n) is 2.08.